The summed E-state index contributed by atoms with van der Waals surface area (Å²) in [5.74, 6) is 1.85. The van der Waals surface area contributed by atoms with Gasteiger partial charge in [0.25, 0.3) is 5.91 Å². The van der Waals surface area contributed by atoms with Crippen LogP contribution in [0.5, 0.6) is 17.4 Å². The van der Waals surface area contributed by atoms with E-state index in [4.69, 9.17) is 14.2 Å². The highest BCUT2D eigenvalue weighted by Crippen LogP contribution is 2.33. The van der Waals surface area contributed by atoms with Crippen LogP contribution in [0.15, 0.2) is 30.3 Å². The number of aromatic nitrogens is 2. The number of rotatable bonds is 3. The van der Waals surface area contributed by atoms with Crippen molar-refractivity contribution in [2.75, 3.05) is 19.9 Å². The number of carbonyl (C=O) groups excluding carboxylic acids is 1. The number of ether oxygens (including phenoxy) is 3. The van der Waals surface area contributed by atoms with Crippen molar-refractivity contribution in [1.29, 1.82) is 0 Å². The second-order valence-corrected chi connectivity index (χ2v) is 6.19. The van der Waals surface area contributed by atoms with Crippen molar-refractivity contribution >= 4 is 5.91 Å². The normalized spacial score (nSPS) is 16.8. The van der Waals surface area contributed by atoms with E-state index in [0.29, 0.717) is 36.0 Å². The maximum atomic E-state index is 12.7. The Hall–Kier alpha value is -2.83. The van der Waals surface area contributed by atoms with Crippen molar-refractivity contribution in [2.24, 2.45) is 0 Å². The minimum Gasteiger partial charge on any atom is -0.473 e. The molecule has 0 N–H and O–H groups in total. The van der Waals surface area contributed by atoms with Crippen LogP contribution in [0.2, 0.25) is 0 Å². The fraction of sp³-hybridized carbons (Fsp3) is 0.389. The van der Waals surface area contributed by atoms with Gasteiger partial charge in [-0.25, -0.2) is 0 Å². The second kappa shape index (κ2) is 6.58. The number of hydrogen-bond acceptors (Lipinski definition) is 6. The van der Waals surface area contributed by atoms with Crippen LogP contribution in [-0.4, -0.2) is 47.0 Å². The summed E-state index contributed by atoms with van der Waals surface area (Å²) in [6, 6.07) is 9.00. The van der Waals surface area contributed by atoms with Gasteiger partial charge >= 0.3 is 0 Å². The van der Waals surface area contributed by atoms with E-state index >= 15 is 0 Å². The number of likely N-dealkylation sites (tertiary alicyclic amines) is 1. The summed E-state index contributed by atoms with van der Waals surface area (Å²) >= 11 is 0. The summed E-state index contributed by atoms with van der Waals surface area (Å²) < 4.78 is 16.5. The molecule has 1 saturated heterocycles. The highest BCUT2D eigenvalue weighted by atomic mass is 16.7. The van der Waals surface area contributed by atoms with E-state index in [1.54, 1.807) is 18.2 Å². The molecule has 0 bridgehead atoms. The van der Waals surface area contributed by atoms with Crippen molar-refractivity contribution in [2.45, 2.75) is 25.9 Å². The molecule has 4 rings (SSSR count). The van der Waals surface area contributed by atoms with Gasteiger partial charge < -0.3 is 19.1 Å². The van der Waals surface area contributed by atoms with Gasteiger partial charge in [0.2, 0.25) is 12.7 Å². The minimum absolute atomic E-state index is 0.00637. The molecule has 0 radical (unpaired) electrons. The number of hydrogen-bond donors (Lipinski definition) is 0. The molecule has 3 heterocycles. The number of amides is 1. The molecular formula is C18H19N3O4. The first-order chi connectivity index (χ1) is 12.2. The quantitative estimate of drug-likeness (QED) is 0.852. The van der Waals surface area contributed by atoms with Gasteiger partial charge in [0.05, 0.1) is 5.69 Å². The summed E-state index contributed by atoms with van der Waals surface area (Å²) in [4.78, 5) is 14.5. The van der Waals surface area contributed by atoms with Gasteiger partial charge in [0.1, 0.15) is 6.10 Å². The topological polar surface area (TPSA) is 73.8 Å². The largest absolute Gasteiger partial charge is 0.473 e. The molecule has 1 aromatic heterocycles. The molecule has 0 spiro atoms. The monoisotopic (exact) mass is 341 g/mol. The van der Waals surface area contributed by atoms with Gasteiger partial charge in [0, 0.05) is 37.6 Å². The number of fused-ring (bicyclic) bond motifs is 1. The molecule has 7 nitrogen and oxygen atoms in total. The molecular weight excluding hydrogens is 322 g/mol. The van der Waals surface area contributed by atoms with E-state index in [-0.39, 0.29) is 18.8 Å². The Morgan fingerprint density at radius 2 is 1.92 bits per heavy atom. The lowest BCUT2D eigenvalue weighted by Gasteiger charge is -2.32. The number of piperidine rings is 1. The number of nitrogens with zero attached hydrogens (tertiary/aromatic N) is 3. The van der Waals surface area contributed by atoms with Gasteiger partial charge in [-0.15, -0.1) is 5.10 Å². The fourth-order valence-corrected chi connectivity index (χ4v) is 3.01. The van der Waals surface area contributed by atoms with Gasteiger partial charge in [0.15, 0.2) is 11.5 Å². The third kappa shape index (κ3) is 3.35. The van der Waals surface area contributed by atoms with E-state index in [0.717, 1.165) is 18.5 Å². The lowest BCUT2D eigenvalue weighted by atomic mass is 10.1. The van der Waals surface area contributed by atoms with Crippen molar-refractivity contribution < 1.29 is 19.0 Å². The summed E-state index contributed by atoms with van der Waals surface area (Å²) in [7, 11) is 0. The maximum absolute atomic E-state index is 12.7. The van der Waals surface area contributed by atoms with Crippen LogP contribution < -0.4 is 14.2 Å². The van der Waals surface area contributed by atoms with Crippen LogP contribution in [0.3, 0.4) is 0 Å². The van der Waals surface area contributed by atoms with E-state index in [9.17, 15) is 4.79 Å². The molecule has 0 atom stereocenters. The molecule has 7 heteroatoms. The van der Waals surface area contributed by atoms with Crippen LogP contribution in [0.1, 0.15) is 28.9 Å². The molecule has 0 unspecified atom stereocenters. The number of carbonyl (C=O) groups is 1. The lowest BCUT2D eigenvalue weighted by molar-refractivity contribution is 0.0585. The highest BCUT2D eigenvalue weighted by Gasteiger charge is 2.26. The predicted octanol–water partition coefficient (Wildman–Crippen LogP) is 2.20. The van der Waals surface area contributed by atoms with Gasteiger partial charge in [-0.2, -0.15) is 5.10 Å². The molecule has 2 aliphatic heterocycles. The van der Waals surface area contributed by atoms with Crippen LogP contribution in [-0.2, 0) is 0 Å². The van der Waals surface area contributed by atoms with E-state index in [2.05, 4.69) is 10.2 Å². The average molecular weight is 341 g/mol. The Bertz CT molecular complexity index is 770. The molecule has 25 heavy (non-hydrogen) atoms. The van der Waals surface area contributed by atoms with E-state index < -0.39 is 0 Å². The maximum Gasteiger partial charge on any atom is 0.253 e. The molecule has 2 aromatic rings. The molecule has 0 saturated carbocycles. The molecule has 0 aliphatic carbocycles. The third-order valence-corrected chi connectivity index (χ3v) is 4.41. The summed E-state index contributed by atoms with van der Waals surface area (Å²) in [6.07, 6.45) is 1.59. The van der Waals surface area contributed by atoms with Gasteiger partial charge in [-0.1, -0.05) is 0 Å². The van der Waals surface area contributed by atoms with Crippen LogP contribution >= 0.6 is 0 Å². The second-order valence-electron chi connectivity index (χ2n) is 6.19. The number of aryl methyl sites for hydroxylation is 1. The minimum atomic E-state index is 0.00637. The van der Waals surface area contributed by atoms with E-state index in [1.807, 2.05) is 24.0 Å². The fourth-order valence-electron chi connectivity index (χ4n) is 3.01. The SMILES string of the molecule is Cc1ccc(OC2CCN(C(=O)c3ccc4c(c3)OCO4)CC2)nn1. The Balaban J connectivity index is 1.35. The first-order valence-electron chi connectivity index (χ1n) is 8.35. The van der Waals surface area contributed by atoms with Crippen molar-refractivity contribution in [3.63, 3.8) is 0 Å². The first-order valence-corrected chi connectivity index (χ1v) is 8.35. The predicted molar refractivity (Wildman–Crippen MR) is 88.9 cm³/mol. The van der Waals surface area contributed by atoms with Crippen LogP contribution in [0.25, 0.3) is 0 Å². The standard InChI is InChI=1S/C18H19N3O4/c1-12-2-5-17(20-19-12)25-14-6-8-21(9-7-14)18(22)13-3-4-15-16(10-13)24-11-23-15/h2-5,10,14H,6-9,11H2,1H3. The Kier molecular flexibility index (Phi) is 4.13. The molecule has 2 aliphatic rings. The van der Waals surface area contributed by atoms with Crippen molar-refractivity contribution in [3.05, 3.63) is 41.6 Å². The Labute approximate surface area is 145 Å². The van der Waals surface area contributed by atoms with Crippen molar-refractivity contribution in [3.8, 4) is 17.4 Å². The zero-order valence-corrected chi connectivity index (χ0v) is 14.0. The third-order valence-electron chi connectivity index (χ3n) is 4.41. The zero-order valence-electron chi connectivity index (χ0n) is 14.0. The van der Waals surface area contributed by atoms with Crippen LogP contribution in [0.4, 0.5) is 0 Å². The first kappa shape index (κ1) is 15.7. The van der Waals surface area contributed by atoms with Crippen molar-refractivity contribution in [1.82, 2.24) is 15.1 Å². The molecule has 1 aromatic carbocycles. The van der Waals surface area contributed by atoms with E-state index in [1.165, 1.54) is 0 Å². The van der Waals surface area contributed by atoms with Crippen LogP contribution in [0, 0.1) is 6.92 Å². The Morgan fingerprint density at radius 1 is 1.12 bits per heavy atom. The Morgan fingerprint density at radius 3 is 2.68 bits per heavy atom. The lowest BCUT2D eigenvalue weighted by Crippen LogP contribution is -2.41. The summed E-state index contributed by atoms with van der Waals surface area (Å²) in [6.45, 7) is 3.39. The smallest absolute Gasteiger partial charge is 0.253 e. The average Bonchev–Trinajstić information content (AvgIpc) is 3.11. The molecule has 1 amide bonds. The molecule has 1 fully saturated rings. The van der Waals surface area contributed by atoms with Gasteiger partial charge in [-0.05, 0) is 31.2 Å². The van der Waals surface area contributed by atoms with Gasteiger partial charge in [-0.3, -0.25) is 4.79 Å². The summed E-state index contributed by atoms with van der Waals surface area (Å²) in [5, 5.41) is 8.02. The highest BCUT2D eigenvalue weighted by molar-refractivity contribution is 5.95. The summed E-state index contributed by atoms with van der Waals surface area (Å²) in [5.41, 5.74) is 1.48. The zero-order chi connectivity index (χ0) is 17.2. The molecule has 130 valence electrons. The number of benzene rings is 1.